The van der Waals surface area contributed by atoms with Gasteiger partial charge in [-0.15, -0.1) is 22.7 Å². The number of aromatic amines is 1. The minimum absolute atomic E-state index is 1.03. The molecule has 0 bridgehead atoms. The summed E-state index contributed by atoms with van der Waals surface area (Å²) in [5, 5.41) is 4.30. The zero-order valence-corrected chi connectivity index (χ0v) is 11.6. The molecule has 0 aliphatic heterocycles. The second-order valence-electron chi connectivity index (χ2n) is 4.56. The second kappa shape index (κ2) is 3.80. The van der Waals surface area contributed by atoms with Gasteiger partial charge in [-0.25, -0.2) is 4.98 Å². The van der Waals surface area contributed by atoms with Gasteiger partial charge < -0.3 is 4.98 Å². The summed E-state index contributed by atoms with van der Waals surface area (Å²) < 4.78 is 0. The summed E-state index contributed by atoms with van der Waals surface area (Å²) in [6.07, 6.45) is 2.23. The van der Waals surface area contributed by atoms with Gasteiger partial charge in [-0.2, -0.15) is 0 Å². The third-order valence-electron chi connectivity index (χ3n) is 3.50. The number of imidazole rings is 1. The quantitative estimate of drug-likeness (QED) is 0.704. The minimum Gasteiger partial charge on any atom is -0.341 e. The predicted octanol–water partition coefficient (Wildman–Crippen LogP) is 4.27. The molecule has 0 fully saturated rings. The van der Waals surface area contributed by atoms with Gasteiger partial charge in [0.25, 0.3) is 0 Å². The lowest BCUT2D eigenvalue weighted by Gasteiger charge is -2.09. The second-order valence-corrected chi connectivity index (χ2v) is 6.68. The Kier molecular flexibility index (Phi) is 2.22. The number of H-pyrrole nitrogens is 1. The van der Waals surface area contributed by atoms with Crippen LogP contribution < -0.4 is 0 Å². The maximum Gasteiger partial charge on any atom is 0.139 e. The first-order valence-corrected chi connectivity index (χ1v) is 7.79. The van der Waals surface area contributed by atoms with E-state index in [0.717, 1.165) is 24.4 Å². The molecule has 0 saturated carbocycles. The molecule has 4 heteroatoms. The molecule has 4 rings (SSSR count). The lowest BCUT2D eigenvalue weighted by molar-refractivity contribution is 0.927. The zero-order chi connectivity index (χ0) is 12.1. The molecule has 0 spiro atoms. The van der Waals surface area contributed by atoms with Crippen LogP contribution >= 0.6 is 22.7 Å². The van der Waals surface area contributed by atoms with Crippen LogP contribution in [-0.2, 0) is 12.8 Å². The number of nitrogens with zero attached hydrogens (tertiary/aromatic N) is 1. The standard InChI is InChI=1S/C14H12N2S2/c1-8-9(4-6-17-8)14-15-11-2-3-12-10(5-7-18-12)13(11)16-14/h4-7H,2-3H2,1H3,(H,15,16). The molecule has 1 N–H and O–H groups in total. The summed E-state index contributed by atoms with van der Waals surface area (Å²) in [5.74, 6) is 1.03. The van der Waals surface area contributed by atoms with Gasteiger partial charge in [0.2, 0.25) is 0 Å². The SMILES string of the molecule is Cc1sccc1-c1nc2c([nH]1)CCc1sccc1-2. The number of aryl methyl sites for hydroxylation is 3. The first kappa shape index (κ1) is 10.5. The third kappa shape index (κ3) is 1.42. The fourth-order valence-electron chi connectivity index (χ4n) is 2.55. The first-order chi connectivity index (χ1) is 8.83. The van der Waals surface area contributed by atoms with E-state index in [-0.39, 0.29) is 0 Å². The average Bonchev–Trinajstić information content (AvgIpc) is 3.04. The van der Waals surface area contributed by atoms with Crippen LogP contribution in [0.1, 0.15) is 15.4 Å². The summed E-state index contributed by atoms with van der Waals surface area (Å²) in [6.45, 7) is 2.15. The van der Waals surface area contributed by atoms with E-state index in [1.54, 1.807) is 11.3 Å². The summed E-state index contributed by atoms with van der Waals surface area (Å²) in [5.41, 5.74) is 5.03. The topological polar surface area (TPSA) is 28.7 Å². The third-order valence-corrected chi connectivity index (χ3v) is 5.32. The van der Waals surface area contributed by atoms with Crippen molar-refractivity contribution in [2.45, 2.75) is 19.8 Å². The molecule has 18 heavy (non-hydrogen) atoms. The first-order valence-electron chi connectivity index (χ1n) is 6.03. The van der Waals surface area contributed by atoms with E-state index in [2.05, 4.69) is 34.8 Å². The van der Waals surface area contributed by atoms with Gasteiger partial charge in [-0.1, -0.05) is 0 Å². The van der Waals surface area contributed by atoms with Gasteiger partial charge >= 0.3 is 0 Å². The fraction of sp³-hybridized carbons (Fsp3) is 0.214. The van der Waals surface area contributed by atoms with E-state index in [4.69, 9.17) is 4.98 Å². The Labute approximate surface area is 113 Å². The summed E-state index contributed by atoms with van der Waals surface area (Å²) >= 11 is 3.62. The summed E-state index contributed by atoms with van der Waals surface area (Å²) in [7, 11) is 0. The van der Waals surface area contributed by atoms with Gasteiger partial charge in [-0.3, -0.25) is 0 Å². The van der Waals surface area contributed by atoms with Crippen LogP contribution in [0.15, 0.2) is 22.9 Å². The molecule has 0 saturated heterocycles. The Bertz CT molecular complexity index is 718. The normalized spacial score (nSPS) is 13.4. The molecule has 0 atom stereocenters. The van der Waals surface area contributed by atoms with Crippen LogP contribution in [0.3, 0.4) is 0 Å². The number of rotatable bonds is 1. The van der Waals surface area contributed by atoms with Gasteiger partial charge in [-0.05, 0) is 42.7 Å². The van der Waals surface area contributed by atoms with Crippen LogP contribution in [0.4, 0.5) is 0 Å². The van der Waals surface area contributed by atoms with Gasteiger partial charge in [0.05, 0.1) is 5.69 Å². The average molecular weight is 272 g/mol. The molecule has 3 heterocycles. The molecule has 3 aromatic rings. The van der Waals surface area contributed by atoms with Crippen LogP contribution in [0, 0.1) is 6.92 Å². The number of hydrogen-bond donors (Lipinski definition) is 1. The Morgan fingerprint density at radius 1 is 1.11 bits per heavy atom. The van der Waals surface area contributed by atoms with E-state index in [0.29, 0.717) is 0 Å². The zero-order valence-electron chi connectivity index (χ0n) is 9.99. The van der Waals surface area contributed by atoms with Crippen molar-refractivity contribution in [2.24, 2.45) is 0 Å². The van der Waals surface area contributed by atoms with Crippen molar-refractivity contribution in [2.75, 3.05) is 0 Å². The van der Waals surface area contributed by atoms with Crippen molar-refractivity contribution in [3.8, 4) is 22.6 Å². The molecule has 0 radical (unpaired) electrons. The van der Waals surface area contributed by atoms with Crippen LogP contribution in [-0.4, -0.2) is 9.97 Å². The van der Waals surface area contributed by atoms with Crippen LogP contribution in [0.5, 0.6) is 0 Å². The Hall–Kier alpha value is -1.39. The largest absolute Gasteiger partial charge is 0.341 e. The van der Waals surface area contributed by atoms with Crippen molar-refractivity contribution in [1.29, 1.82) is 0 Å². The molecule has 1 aliphatic rings. The minimum atomic E-state index is 1.03. The number of hydrogen-bond acceptors (Lipinski definition) is 3. The summed E-state index contributed by atoms with van der Waals surface area (Å²) in [4.78, 5) is 11.1. The fourth-order valence-corrected chi connectivity index (χ4v) is 4.13. The molecule has 90 valence electrons. The highest BCUT2D eigenvalue weighted by Gasteiger charge is 2.22. The number of nitrogens with one attached hydrogen (secondary N) is 1. The number of aromatic nitrogens is 2. The van der Waals surface area contributed by atoms with Gasteiger partial charge in [0, 0.05) is 26.6 Å². The highest BCUT2D eigenvalue weighted by atomic mass is 32.1. The molecule has 3 aromatic heterocycles. The number of fused-ring (bicyclic) bond motifs is 3. The van der Waals surface area contributed by atoms with Crippen LogP contribution in [0.2, 0.25) is 0 Å². The highest BCUT2D eigenvalue weighted by Crippen LogP contribution is 2.37. The molecule has 0 unspecified atom stereocenters. The monoisotopic (exact) mass is 272 g/mol. The Morgan fingerprint density at radius 2 is 1.94 bits per heavy atom. The molecule has 0 amide bonds. The Morgan fingerprint density at radius 3 is 2.78 bits per heavy atom. The van der Waals surface area contributed by atoms with E-state index in [1.165, 1.54) is 26.6 Å². The molecule has 0 aromatic carbocycles. The lowest BCUT2D eigenvalue weighted by Crippen LogP contribution is -1.99. The smallest absolute Gasteiger partial charge is 0.139 e. The lowest BCUT2D eigenvalue weighted by atomic mass is 10.0. The van der Waals surface area contributed by atoms with E-state index >= 15 is 0 Å². The van der Waals surface area contributed by atoms with Crippen molar-refractivity contribution < 1.29 is 0 Å². The molecular formula is C14H12N2S2. The van der Waals surface area contributed by atoms with Crippen molar-refractivity contribution in [1.82, 2.24) is 9.97 Å². The predicted molar refractivity (Wildman–Crippen MR) is 77.4 cm³/mol. The maximum absolute atomic E-state index is 4.83. The highest BCUT2D eigenvalue weighted by molar-refractivity contribution is 7.10. The number of thiophene rings is 2. The molecule has 1 aliphatic carbocycles. The molecular weight excluding hydrogens is 260 g/mol. The Balaban J connectivity index is 1.90. The van der Waals surface area contributed by atoms with E-state index in [9.17, 15) is 0 Å². The molecule has 2 nitrogen and oxygen atoms in total. The van der Waals surface area contributed by atoms with Crippen molar-refractivity contribution in [3.63, 3.8) is 0 Å². The van der Waals surface area contributed by atoms with E-state index < -0.39 is 0 Å². The van der Waals surface area contributed by atoms with E-state index in [1.807, 2.05) is 11.3 Å². The van der Waals surface area contributed by atoms with Crippen molar-refractivity contribution in [3.05, 3.63) is 38.3 Å². The van der Waals surface area contributed by atoms with Gasteiger partial charge in [0.1, 0.15) is 5.82 Å². The van der Waals surface area contributed by atoms with Crippen LogP contribution in [0.25, 0.3) is 22.6 Å². The maximum atomic E-state index is 4.83. The van der Waals surface area contributed by atoms with Crippen molar-refractivity contribution >= 4 is 22.7 Å². The summed E-state index contributed by atoms with van der Waals surface area (Å²) in [6, 6.07) is 4.35. The van der Waals surface area contributed by atoms with Gasteiger partial charge in [0.15, 0.2) is 0 Å².